The van der Waals surface area contributed by atoms with Gasteiger partial charge in [0, 0.05) is 26.8 Å². The number of halogens is 2. The average molecular weight is 343 g/mol. The van der Waals surface area contributed by atoms with Gasteiger partial charge in [-0.15, -0.1) is 0 Å². The van der Waals surface area contributed by atoms with Crippen molar-refractivity contribution in [3.63, 3.8) is 0 Å². The molecule has 1 aromatic rings. The number of aliphatic imine (C=N–C) groups is 1. The lowest BCUT2D eigenvalue weighted by atomic mass is 9.89. The Morgan fingerprint density at radius 3 is 2.46 bits per heavy atom. The molecule has 0 spiro atoms. The van der Waals surface area contributed by atoms with E-state index in [1.165, 1.54) is 6.07 Å². The number of ether oxygens (including phenoxy) is 2. The Morgan fingerprint density at radius 1 is 1.21 bits per heavy atom. The van der Waals surface area contributed by atoms with E-state index in [4.69, 9.17) is 9.47 Å². The van der Waals surface area contributed by atoms with Crippen molar-refractivity contribution in [2.75, 3.05) is 33.9 Å². The number of methoxy groups -OCH3 is 1. The first kappa shape index (κ1) is 20.2. The van der Waals surface area contributed by atoms with E-state index in [0.29, 0.717) is 25.7 Å². The number of nitrogens with zero attached hydrogens (tertiary/aromatic N) is 1. The summed E-state index contributed by atoms with van der Waals surface area (Å²) in [6.45, 7) is 7.69. The van der Waals surface area contributed by atoms with Gasteiger partial charge in [-0.25, -0.2) is 8.78 Å². The van der Waals surface area contributed by atoms with Gasteiger partial charge in [-0.05, 0) is 17.5 Å². The van der Waals surface area contributed by atoms with Crippen molar-refractivity contribution in [2.24, 2.45) is 10.4 Å². The van der Waals surface area contributed by atoms with Crippen LogP contribution in [-0.2, 0) is 4.74 Å². The molecule has 0 fully saturated rings. The van der Waals surface area contributed by atoms with E-state index < -0.39 is 11.6 Å². The molecule has 0 radical (unpaired) electrons. The lowest BCUT2D eigenvalue weighted by Crippen LogP contribution is -2.46. The van der Waals surface area contributed by atoms with Gasteiger partial charge in [0.2, 0.25) is 0 Å². The quantitative estimate of drug-likeness (QED) is 0.454. The largest absolute Gasteiger partial charge is 0.492 e. The molecular formula is C17H27F2N3O2. The van der Waals surface area contributed by atoms with Gasteiger partial charge in [0.05, 0.1) is 12.6 Å². The van der Waals surface area contributed by atoms with Crippen molar-refractivity contribution in [2.45, 2.75) is 26.9 Å². The molecule has 0 bridgehead atoms. The molecule has 0 aliphatic rings. The lowest BCUT2D eigenvalue weighted by molar-refractivity contribution is 0.0205. The summed E-state index contributed by atoms with van der Waals surface area (Å²) in [5, 5.41) is 6.28. The van der Waals surface area contributed by atoms with Crippen LogP contribution in [0.1, 0.15) is 20.8 Å². The number of nitrogens with one attached hydrogen (secondary N) is 2. The zero-order chi connectivity index (χ0) is 18.2. The van der Waals surface area contributed by atoms with Gasteiger partial charge in [-0.2, -0.15) is 0 Å². The van der Waals surface area contributed by atoms with Crippen molar-refractivity contribution in [3.8, 4) is 5.75 Å². The van der Waals surface area contributed by atoms with Crippen molar-refractivity contribution in [3.05, 3.63) is 29.8 Å². The second kappa shape index (κ2) is 9.42. The van der Waals surface area contributed by atoms with Crippen LogP contribution < -0.4 is 15.4 Å². The fraction of sp³-hybridized carbons (Fsp3) is 0.588. The second-order valence-electron chi connectivity index (χ2n) is 6.39. The normalized spacial score (nSPS) is 13.5. The summed E-state index contributed by atoms with van der Waals surface area (Å²) in [4.78, 5) is 4.12. The minimum Gasteiger partial charge on any atom is -0.492 e. The molecule has 1 rings (SSSR count). The van der Waals surface area contributed by atoms with Crippen LogP contribution in [0.15, 0.2) is 23.2 Å². The summed E-state index contributed by atoms with van der Waals surface area (Å²) in [5.74, 6) is -0.914. The Kier molecular flexibility index (Phi) is 7.91. The Bertz CT molecular complexity index is 545. The van der Waals surface area contributed by atoms with Gasteiger partial charge in [0.15, 0.2) is 17.6 Å². The summed E-state index contributed by atoms with van der Waals surface area (Å²) < 4.78 is 36.7. The van der Waals surface area contributed by atoms with Crippen LogP contribution in [0.25, 0.3) is 0 Å². The summed E-state index contributed by atoms with van der Waals surface area (Å²) in [5.41, 5.74) is 0.0103. The highest BCUT2D eigenvalue weighted by Crippen LogP contribution is 2.20. The second-order valence-corrected chi connectivity index (χ2v) is 6.39. The first-order valence-electron chi connectivity index (χ1n) is 7.83. The highest BCUT2D eigenvalue weighted by molar-refractivity contribution is 5.79. The van der Waals surface area contributed by atoms with E-state index >= 15 is 0 Å². The Labute approximate surface area is 142 Å². The molecule has 24 heavy (non-hydrogen) atoms. The van der Waals surface area contributed by atoms with Crippen LogP contribution in [0.5, 0.6) is 5.75 Å². The van der Waals surface area contributed by atoms with Crippen LogP contribution in [0, 0.1) is 17.0 Å². The first-order valence-corrected chi connectivity index (χ1v) is 7.83. The van der Waals surface area contributed by atoms with Gasteiger partial charge in [-0.3, -0.25) is 4.99 Å². The fourth-order valence-electron chi connectivity index (χ4n) is 2.06. The molecule has 1 unspecified atom stereocenters. The average Bonchev–Trinajstić information content (AvgIpc) is 2.52. The van der Waals surface area contributed by atoms with E-state index in [0.717, 1.165) is 12.1 Å². The van der Waals surface area contributed by atoms with E-state index in [1.807, 2.05) is 0 Å². The molecule has 0 aliphatic heterocycles. The molecule has 0 amide bonds. The molecule has 0 saturated carbocycles. The molecule has 1 atom stereocenters. The number of rotatable bonds is 7. The predicted octanol–water partition coefficient (Wildman–Crippen LogP) is 2.57. The van der Waals surface area contributed by atoms with Gasteiger partial charge in [0.1, 0.15) is 12.4 Å². The Balaban J connectivity index is 2.35. The van der Waals surface area contributed by atoms with E-state index in [2.05, 4.69) is 36.4 Å². The minimum absolute atomic E-state index is 0.0103. The van der Waals surface area contributed by atoms with Crippen molar-refractivity contribution in [1.82, 2.24) is 10.6 Å². The van der Waals surface area contributed by atoms with Crippen LogP contribution in [0.4, 0.5) is 8.78 Å². The number of hydrogen-bond donors (Lipinski definition) is 2. The molecule has 7 heteroatoms. The maximum Gasteiger partial charge on any atom is 0.191 e. The smallest absolute Gasteiger partial charge is 0.191 e. The molecule has 1 aromatic carbocycles. The SMILES string of the molecule is CN=C(NCCOc1ccc(F)c(F)c1)NCC(OC)C(C)(C)C. The van der Waals surface area contributed by atoms with Crippen LogP contribution in [0.2, 0.25) is 0 Å². The number of guanidine groups is 1. The molecule has 136 valence electrons. The number of benzene rings is 1. The van der Waals surface area contributed by atoms with Crippen molar-refractivity contribution < 1.29 is 18.3 Å². The molecule has 2 N–H and O–H groups in total. The fourth-order valence-corrected chi connectivity index (χ4v) is 2.06. The first-order chi connectivity index (χ1) is 11.3. The van der Waals surface area contributed by atoms with Crippen molar-refractivity contribution in [1.29, 1.82) is 0 Å². The molecule has 0 heterocycles. The standard InChI is InChI=1S/C17H27F2N3O2/c1-17(2,3)15(23-5)11-22-16(20-4)21-8-9-24-12-6-7-13(18)14(19)10-12/h6-7,10,15H,8-9,11H2,1-5H3,(H2,20,21,22). The Hall–Kier alpha value is -1.89. The molecule has 0 aromatic heterocycles. The third-order valence-electron chi connectivity index (χ3n) is 3.48. The minimum atomic E-state index is -0.925. The highest BCUT2D eigenvalue weighted by atomic mass is 19.2. The van der Waals surface area contributed by atoms with E-state index in [1.54, 1.807) is 14.2 Å². The number of hydrogen-bond acceptors (Lipinski definition) is 3. The summed E-state index contributed by atoms with van der Waals surface area (Å²) in [7, 11) is 3.36. The third kappa shape index (κ3) is 6.70. The van der Waals surface area contributed by atoms with Crippen molar-refractivity contribution >= 4 is 5.96 Å². The van der Waals surface area contributed by atoms with E-state index in [-0.39, 0.29) is 17.3 Å². The zero-order valence-corrected chi connectivity index (χ0v) is 15.0. The van der Waals surface area contributed by atoms with Crippen LogP contribution in [0.3, 0.4) is 0 Å². The topological polar surface area (TPSA) is 54.9 Å². The summed E-state index contributed by atoms with van der Waals surface area (Å²) >= 11 is 0. The zero-order valence-electron chi connectivity index (χ0n) is 15.0. The summed E-state index contributed by atoms with van der Waals surface area (Å²) in [6.07, 6.45) is 0.0366. The summed E-state index contributed by atoms with van der Waals surface area (Å²) in [6, 6.07) is 3.45. The van der Waals surface area contributed by atoms with E-state index in [9.17, 15) is 8.78 Å². The highest BCUT2D eigenvalue weighted by Gasteiger charge is 2.24. The van der Waals surface area contributed by atoms with Gasteiger partial charge in [-0.1, -0.05) is 20.8 Å². The van der Waals surface area contributed by atoms with Gasteiger partial charge >= 0.3 is 0 Å². The van der Waals surface area contributed by atoms with Gasteiger partial charge in [0.25, 0.3) is 0 Å². The van der Waals surface area contributed by atoms with Crippen LogP contribution in [-0.4, -0.2) is 45.9 Å². The molecule has 0 saturated heterocycles. The lowest BCUT2D eigenvalue weighted by Gasteiger charge is -2.30. The van der Waals surface area contributed by atoms with Gasteiger partial charge < -0.3 is 20.1 Å². The maximum absolute atomic E-state index is 13.1. The Morgan fingerprint density at radius 2 is 1.92 bits per heavy atom. The molecule has 0 aliphatic carbocycles. The predicted molar refractivity (Wildman–Crippen MR) is 91.5 cm³/mol. The maximum atomic E-state index is 13.1. The molecular weight excluding hydrogens is 316 g/mol. The van der Waals surface area contributed by atoms with Crippen LogP contribution >= 0.6 is 0 Å². The monoisotopic (exact) mass is 343 g/mol. The third-order valence-corrected chi connectivity index (χ3v) is 3.48. The molecule has 5 nitrogen and oxygen atoms in total.